The second kappa shape index (κ2) is 7.17. The van der Waals surface area contributed by atoms with Crippen LogP contribution in [0.5, 0.6) is 5.88 Å². The standard InChI is InChI=1S/C19H19N5O3S/c1-5-26-28-27-19-17(20-16-7-6-14(12(2)3)11-23(16)19)22-8-9-24-15(18(22)25)10-13(4)21-24/h6-11H,2,5H2,1,3-4H3. The van der Waals surface area contributed by atoms with Crippen LogP contribution in [0.25, 0.3) is 22.6 Å². The average molecular weight is 397 g/mol. The Morgan fingerprint density at radius 3 is 2.89 bits per heavy atom. The molecular formula is C19H19N5O3S. The molecule has 4 heterocycles. The van der Waals surface area contributed by atoms with Crippen LogP contribution in [-0.2, 0) is 4.18 Å². The third-order valence-electron chi connectivity index (χ3n) is 4.21. The zero-order valence-corrected chi connectivity index (χ0v) is 16.6. The lowest BCUT2D eigenvalue weighted by Crippen LogP contribution is -2.20. The van der Waals surface area contributed by atoms with Crippen molar-refractivity contribution < 1.29 is 8.37 Å². The fourth-order valence-electron chi connectivity index (χ4n) is 2.88. The van der Waals surface area contributed by atoms with E-state index in [0.717, 1.165) is 29.2 Å². The van der Waals surface area contributed by atoms with Crippen molar-refractivity contribution in [2.24, 2.45) is 0 Å². The maximum absolute atomic E-state index is 13.0. The molecule has 8 nitrogen and oxygen atoms in total. The number of pyridine rings is 1. The van der Waals surface area contributed by atoms with Gasteiger partial charge in [0.15, 0.2) is 0 Å². The van der Waals surface area contributed by atoms with Crippen molar-refractivity contribution in [2.45, 2.75) is 20.8 Å². The number of imidazole rings is 1. The van der Waals surface area contributed by atoms with Crippen molar-refractivity contribution in [3.05, 3.63) is 65.0 Å². The van der Waals surface area contributed by atoms with Crippen LogP contribution >= 0.6 is 12.3 Å². The van der Waals surface area contributed by atoms with Gasteiger partial charge in [0.2, 0.25) is 18.1 Å². The molecule has 0 saturated heterocycles. The molecule has 144 valence electrons. The minimum atomic E-state index is -0.238. The number of aryl methyl sites for hydroxylation is 1. The van der Waals surface area contributed by atoms with Gasteiger partial charge in [0.05, 0.1) is 12.3 Å². The van der Waals surface area contributed by atoms with Gasteiger partial charge in [-0.25, -0.2) is 9.50 Å². The molecule has 0 aliphatic heterocycles. The van der Waals surface area contributed by atoms with E-state index in [2.05, 4.69) is 16.7 Å². The Hall–Kier alpha value is -3.04. The molecule has 0 aromatic carbocycles. The molecule has 0 atom stereocenters. The van der Waals surface area contributed by atoms with Gasteiger partial charge in [0.1, 0.15) is 11.2 Å². The average Bonchev–Trinajstić information content (AvgIpc) is 3.22. The molecule has 4 aromatic heterocycles. The molecule has 0 aliphatic rings. The summed E-state index contributed by atoms with van der Waals surface area (Å²) in [5, 5.41) is 4.28. The van der Waals surface area contributed by atoms with Crippen LogP contribution in [0.1, 0.15) is 25.1 Å². The van der Waals surface area contributed by atoms with E-state index in [4.69, 9.17) is 8.37 Å². The summed E-state index contributed by atoms with van der Waals surface area (Å²) in [6.07, 6.45) is 5.22. The first-order valence-electron chi connectivity index (χ1n) is 8.71. The van der Waals surface area contributed by atoms with E-state index in [9.17, 15) is 4.79 Å². The van der Waals surface area contributed by atoms with Crippen molar-refractivity contribution in [1.82, 2.24) is 23.6 Å². The number of aromatic nitrogens is 5. The van der Waals surface area contributed by atoms with E-state index < -0.39 is 0 Å². The molecule has 0 bridgehead atoms. The Labute approximate surface area is 165 Å². The molecule has 0 amide bonds. The summed E-state index contributed by atoms with van der Waals surface area (Å²) >= 11 is 0.846. The van der Waals surface area contributed by atoms with E-state index in [1.165, 1.54) is 4.57 Å². The van der Waals surface area contributed by atoms with Crippen molar-refractivity contribution in [2.75, 3.05) is 6.61 Å². The topological polar surface area (TPSA) is 75.1 Å². The van der Waals surface area contributed by atoms with Gasteiger partial charge in [-0.2, -0.15) is 5.10 Å². The Balaban J connectivity index is 1.94. The van der Waals surface area contributed by atoms with Gasteiger partial charge >= 0.3 is 0 Å². The Morgan fingerprint density at radius 1 is 1.32 bits per heavy atom. The zero-order chi connectivity index (χ0) is 19.8. The van der Waals surface area contributed by atoms with Crippen LogP contribution in [0.15, 0.2) is 48.2 Å². The summed E-state index contributed by atoms with van der Waals surface area (Å²) in [6, 6.07) is 5.53. The molecule has 0 aliphatic carbocycles. The molecular weight excluding hydrogens is 378 g/mol. The predicted octanol–water partition coefficient (Wildman–Crippen LogP) is 3.45. The molecule has 4 rings (SSSR count). The zero-order valence-electron chi connectivity index (χ0n) is 15.7. The monoisotopic (exact) mass is 397 g/mol. The van der Waals surface area contributed by atoms with Crippen molar-refractivity contribution >= 4 is 29.1 Å². The van der Waals surface area contributed by atoms with Crippen LogP contribution in [0.3, 0.4) is 0 Å². The molecule has 0 saturated carbocycles. The first-order chi connectivity index (χ1) is 13.5. The summed E-state index contributed by atoms with van der Waals surface area (Å²) < 4.78 is 15.8. The Morgan fingerprint density at radius 2 is 2.14 bits per heavy atom. The van der Waals surface area contributed by atoms with Gasteiger partial charge < -0.3 is 4.18 Å². The summed E-state index contributed by atoms with van der Waals surface area (Å²) in [4.78, 5) is 17.6. The van der Waals surface area contributed by atoms with Crippen LogP contribution in [0.2, 0.25) is 0 Å². The molecule has 4 aromatic rings. The molecule has 0 N–H and O–H groups in total. The first-order valence-corrected chi connectivity index (χ1v) is 9.38. The maximum Gasteiger partial charge on any atom is 0.282 e. The quantitative estimate of drug-likeness (QED) is 0.366. The predicted molar refractivity (Wildman–Crippen MR) is 109 cm³/mol. The molecule has 9 heteroatoms. The summed E-state index contributed by atoms with van der Waals surface area (Å²) in [6.45, 7) is 10.1. The van der Waals surface area contributed by atoms with E-state index in [0.29, 0.717) is 29.5 Å². The van der Waals surface area contributed by atoms with E-state index >= 15 is 0 Å². The summed E-state index contributed by atoms with van der Waals surface area (Å²) in [5.41, 5.74) is 3.48. The molecule has 0 radical (unpaired) electrons. The lowest BCUT2D eigenvalue weighted by atomic mass is 10.1. The van der Waals surface area contributed by atoms with E-state index in [1.54, 1.807) is 27.4 Å². The highest BCUT2D eigenvalue weighted by Gasteiger charge is 2.19. The van der Waals surface area contributed by atoms with Gasteiger partial charge in [0.25, 0.3) is 11.4 Å². The second-order valence-electron chi connectivity index (χ2n) is 6.31. The van der Waals surface area contributed by atoms with Gasteiger partial charge in [-0.05, 0) is 50.1 Å². The van der Waals surface area contributed by atoms with Crippen LogP contribution < -0.4 is 9.74 Å². The van der Waals surface area contributed by atoms with Gasteiger partial charge in [-0.1, -0.05) is 6.58 Å². The summed E-state index contributed by atoms with van der Waals surface area (Å²) in [5.74, 6) is 0.761. The number of hydrogen-bond acceptors (Lipinski definition) is 6. The highest BCUT2D eigenvalue weighted by atomic mass is 32.2. The lowest BCUT2D eigenvalue weighted by Gasteiger charge is -2.08. The van der Waals surface area contributed by atoms with Crippen molar-refractivity contribution in [1.29, 1.82) is 0 Å². The van der Waals surface area contributed by atoms with Crippen molar-refractivity contribution in [3.63, 3.8) is 0 Å². The van der Waals surface area contributed by atoms with Gasteiger partial charge in [-0.15, -0.1) is 0 Å². The number of rotatable bonds is 6. The van der Waals surface area contributed by atoms with Gasteiger partial charge in [0, 0.05) is 18.6 Å². The van der Waals surface area contributed by atoms with E-state index in [-0.39, 0.29) is 5.56 Å². The molecule has 0 unspecified atom stereocenters. The minimum absolute atomic E-state index is 0.238. The fraction of sp³-hybridized carbons (Fsp3) is 0.211. The highest BCUT2D eigenvalue weighted by Crippen LogP contribution is 2.28. The van der Waals surface area contributed by atoms with E-state index in [1.807, 2.05) is 39.1 Å². The minimum Gasteiger partial charge on any atom is -0.377 e. The Bertz CT molecular complexity index is 1250. The lowest BCUT2D eigenvalue weighted by molar-refractivity contribution is 0.366. The summed E-state index contributed by atoms with van der Waals surface area (Å²) in [7, 11) is 0. The number of nitrogens with zero attached hydrogens (tertiary/aromatic N) is 5. The number of allylic oxidation sites excluding steroid dienone is 1. The largest absolute Gasteiger partial charge is 0.377 e. The number of hydrogen-bond donors (Lipinski definition) is 0. The molecule has 28 heavy (non-hydrogen) atoms. The highest BCUT2D eigenvalue weighted by molar-refractivity contribution is 7.90. The fourth-order valence-corrected chi connectivity index (χ4v) is 3.24. The third-order valence-corrected chi connectivity index (χ3v) is 4.77. The Kier molecular flexibility index (Phi) is 4.70. The molecule has 0 fully saturated rings. The second-order valence-corrected chi connectivity index (χ2v) is 6.85. The first kappa shape index (κ1) is 18.3. The van der Waals surface area contributed by atoms with Crippen LogP contribution in [-0.4, -0.2) is 30.2 Å². The normalized spacial score (nSPS) is 11.4. The molecule has 0 spiro atoms. The maximum atomic E-state index is 13.0. The van der Waals surface area contributed by atoms with Crippen molar-refractivity contribution in [3.8, 4) is 11.7 Å². The number of fused-ring (bicyclic) bond motifs is 2. The third kappa shape index (κ3) is 3.08. The smallest absolute Gasteiger partial charge is 0.282 e. The SMILES string of the molecule is C=C(C)c1ccc2nc(-n3ccn4nc(C)cc4c3=O)c(OSOCC)n2c1. The van der Waals surface area contributed by atoms with Crippen LogP contribution in [0.4, 0.5) is 0 Å². The van der Waals surface area contributed by atoms with Gasteiger partial charge in [-0.3, -0.25) is 17.9 Å². The van der Waals surface area contributed by atoms with Crippen LogP contribution in [0, 0.1) is 6.92 Å².